The highest BCUT2D eigenvalue weighted by molar-refractivity contribution is 6.30. The molecule has 1 atom stereocenters. The van der Waals surface area contributed by atoms with E-state index in [0.717, 1.165) is 0 Å². The number of hydrogen-bond acceptors (Lipinski definition) is 3. The number of hydrogen-bond donors (Lipinski definition) is 1. The zero-order valence-corrected chi connectivity index (χ0v) is 11.0. The van der Waals surface area contributed by atoms with Crippen molar-refractivity contribution >= 4 is 23.2 Å². The smallest absolute Gasteiger partial charge is 0.365 e. The second kappa shape index (κ2) is 4.75. The summed E-state index contributed by atoms with van der Waals surface area (Å²) in [6.45, 7) is 1.44. The minimum Gasteiger partial charge on any atom is -0.365 e. The maximum atomic E-state index is 12.6. The molecule has 0 aromatic heterocycles. The maximum absolute atomic E-state index is 12.6. The minimum absolute atomic E-state index is 0.0750. The Kier molecular flexibility index (Phi) is 3.51. The summed E-state index contributed by atoms with van der Waals surface area (Å²) in [5, 5.41) is 14.4. The van der Waals surface area contributed by atoms with Crippen LogP contribution in [-0.2, 0) is 10.5 Å². The van der Waals surface area contributed by atoms with E-state index < -0.39 is 17.8 Å². The molecule has 1 heterocycles. The van der Waals surface area contributed by atoms with Gasteiger partial charge in [0.15, 0.2) is 5.72 Å². The van der Waals surface area contributed by atoms with Gasteiger partial charge in [0.05, 0.1) is 0 Å². The maximum Gasteiger partial charge on any atom is 0.473 e. The summed E-state index contributed by atoms with van der Waals surface area (Å²) in [7, 11) is 0. The lowest BCUT2D eigenvalue weighted by molar-refractivity contribution is -0.206. The number of benzene rings is 1. The molecule has 0 fully saturated rings. The van der Waals surface area contributed by atoms with Crippen molar-refractivity contribution in [2.24, 2.45) is 5.10 Å². The van der Waals surface area contributed by atoms with E-state index in [1.165, 1.54) is 31.2 Å². The molecule has 1 aliphatic rings. The number of carbonyl (C=O) groups excluding carboxylic acids is 1. The molecule has 0 radical (unpaired) electrons. The lowest BCUT2D eigenvalue weighted by Crippen LogP contribution is -2.48. The third-order valence-electron chi connectivity index (χ3n) is 2.86. The monoisotopic (exact) mass is 306 g/mol. The summed E-state index contributed by atoms with van der Waals surface area (Å²) in [6, 6.07) is 5.54. The van der Waals surface area contributed by atoms with E-state index in [4.69, 9.17) is 11.6 Å². The fourth-order valence-corrected chi connectivity index (χ4v) is 2.12. The topological polar surface area (TPSA) is 52.9 Å². The van der Waals surface area contributed by atoms with E-state index in [0.29, 0.717) is 5.02 Å². The molecule has 20 heavy (non-hydrogen) atoms. The van der Waals surface area contributed by atoms with Gasteiger partial charge in [0, 0.05) is 22.7 Å². The highest BCUT2D eigenvalue weighted by atomic mass is 35.5. The number of alkyl halides is 3. The summed E-state index contributed by atoms with van der Waals surface area (Å²) < 4.78 is 37.7. The Hall–Kier alpha value is -1.60. The predicted molar refractivity (Wildman–Crippen MR) is 66.0 cm³/mol. The summed E-state index contributed by atoms with van der Waals surface area (Å²) in [4.78, 5) is 11.4. The molecule has 1 amide bonds. The van der Waals surface area contributed by atoms with E-state index >= 15 is 0 Å². The van der Waals surface area contributed by atoms with Crippen LogP contribution in [0.1, 0.15) is 18.9 Å². The lowest BCUT2D eigenvalue weighted by atomic mass is 9.97. The molecule has 8 heteroatoms. The molecule has 1 N–H and O–H groups in total. The van der Waals surface area contributed by atoms with Crippen LogP contribution in [-0.4, -0.2) is 27.9 Å². The molecular formula is C12H10ClF3N2O2. The van der Waals surface area contributed by atoms with Crippen molar-refractivity contribution in [2.45, 2.75) is 25.2 Å². The molecule has 0 bridgehead atoms. The second-order valence-corrected chi connectivity index (χ2v) is 4.89. The highest BCUT2D eigenvalue weighted by Crippen LogP contribution is 2.38. The van der Waals surface area contributed by atoms with Gasteiger partial charge in [-0.25, -0.2) is 0 Å². The van der Waals surface area contributed by atoms with Crippen LogP contribution in [0.4, 0.5) is 13.2 Å². The predicted octanol–water partition coefficient (Wildman–Crippen LogP) is 2.66. The number of rotatable bonds is 1. The second-order valence-electron chi connectivity index (χ2n) is 4.45. The zero-order chi connectivity index (χ0) is 15.1. The van der Waals surface area contributed by atoms with Gasteiger partial charge < -0.3 is 5.11 Å². The number of amides is 1. The molecule has 1 aliphatic heterocycles. The van der Waals surface area contributed by atoms with Gasteiger partial charge in [-0.05, 0) is 19.1 Å². The van der Waals surface area contributed by atoms with Crippen molar-refractivity contribution < 1.29 is 23.1 Å². The average Bonchev–Trinajstić information content (AvgIpc) is 2.64. The Labute approximate surface area is 117 Å². The SMILES string of the molecule is CC1=NN(C(=O)C(F)(F)F)C(O)(c2ccc(Cl)cc2)C1. The van der Waals surface area contributed by atoms with E-state index in [9.17, 15) is 23.1 Å². The van der Waals surface area contributed by atoms with E-state index in [-0.39, 0.29) is 22.7 Å². The first-order valence-electron chi connectivity index (χ1n) is 5.58. The molecule has 0 aliphatic carbocycles. The molecule has 0 saturated carbocycles. The van der Waals surface area contributed by atoms with Gasteiger partial charge in [-0.3, -0.25) is 4.79 Å². The van der Waals surface area contributed by atoms with Gasteiger partial charge in [-0.1, -0.05) is 23.7 Å². The van der Waals surface area contributed by atoms with Gasteiger partial charge in [-0.15, -0.1) is 0 Å². The van der Waals surface area contributed by atoms with E-state index in [2.05, 4.69) is 5.10 Å². The summed E-state index contributed by atoms with van der Waals surface area (Å²) in [6.07, 6.45) is -5.31. The van der Waals surface area contributed by atoms with Gasteiger partial charge in [0.1, 0.15) is 0 Å². The van der Waals surface area contributed by atoms with Crippen LogP contribution in [0.15, 0.2) is 29.4 Å². The molecule has 1 aromatic carbocycles. The standard InChI is InChI=1S/C12H10ClF3N2O2/c1-7-6-11(20,8-2-4-9(13)5-3-8)18(17-7)10(19)12(14,15)16/h2-5,20H,6H2,1H3. The van der Waals surface area contributed by atoms with Crippen molar-refractivity contribution in [3.8, 4) is 0 Å². The van der Waals surface area contributed by atoms with Crippen LogP contribution < -0.4 is 0 Å². The van der Waals surface area contributed by atoms with Crippen LogP contribution in [0.3, 0.4) is 0 Å². The Bertz CT molecular complexity index is 571. The van der Waals surface area contributed by atoms with Crippen molar-refractivity contribution in [3.05, 3.63) is 34.9 Å². The Morgan fingerprint density at radius 2 is 1.95 bits per heavy atom. The van der Waals surface area contributed by atoms with Crippen molar-refractivity contribution in [2.75, 3.05) is 0 Å². The number of halogens is 4. The lowest BCUT2D eigenvalue weighted by Gasteiger charge is -2.31. The third-order valence-corrected chi connectivity index (χ3v) is 3.12. The highest BCUT2D eigenvalue weighted by Gasteiger charge is 2.53. The summed E-state index contributed by atoms with van der Waals surface area (Å²) in [5.74, 6) is -2.22. The van der Waals surface area contributed by atoms with Crippen LogP contribution >= 0.6 is 11.6 Å². The molecule has 0 saturated heterocycles. The van der Waals surface area contributed by atoms with Gasteiger partial charge in [0.25, 0.3) is 0 Å². The number of nitrogens with zero attached hydrogens (tertiary/aromatic N) is 2. The minimum atomic E-state index is -5.12. The molecular weight excluding hydrogens is 297 g/mol. The fraction of sp³-hybridized carbons (Fsp3) is 0.333. The Balaban J connectivity index is 2.44. The quantitative estimate of drug-likeness (QED) is 0.867. The average molecular weight is 307 g/mol. The Morgan fingerprint density at radius 1 is 1.40 bits per heavy atom. The first-order valence-corrected chi connectivity index (χ1v) is 5.96. The molecule has 0 spiro atoms. The van der Waals surface area contributed by atoms with Crippen LogP contribution in [0.25, 0.3) is 0 Å². The molecule has 1 aromatic rings. The van der Waals surface area contributed by atoms with Crippen molar-refractivity contribution in [1.29, 1.82) is 0 Å². The number of aliphatic hydroxyl groups is 1. The van der Waals surface area contributed by atoms with Crippen molar-refractivity contribution in [3.63, 3.8) is 0 Å². The first-order chi connectivity index (χ1) is 9.14. The van der Waals surface area contributed by atoms with Crippen LogP contribution in [0.5, 0.6) is 0 Å². The van der Waals surface area contributed by atoms with E-state index in [1.807, 2.05) is 0 Å². The molecule has 1 unspecified atom stereocenters. The first kappa shape index (κ1) is 14.8. The van der Waals surface area contributed by atoms with Crippen molar-refractivity contribution in [1.82, 2.24) is 5.01 Å². The van der Waals surface area contributed by atoms with E-state index in [1.54, 1.807) is 0 Å². The Morgan fingerprint density at radius 3 is 2.45 bits per heavy atom. The normalized spacial score (nSPS) is 22.9. The number of hydrazone groups is 1. The fourth-order valence-electron chi connectivity index (χ4n) is 2.00. The van der Waals surface area contributed by atoms with Gasteiger partial charge >= 0.3 is 12.1 Å². The molecule has 4 nitrogen and oxygen atoms in total. The number of carbonyl (C=O) groups is 1. The zero-order valence-electron chi connectivity index (χ0n) is 10.3. The summed E-state index contributed by atoms with van der Waals surface area (Å²) in [5.41, 5.74) is -1.82. The molecule has 2 rings (SSSR count). The largest absolute Gasteiger partial charge is 0.473 e. The van der Waals surface area contributed by atoms with Gasteiger partial charge in [0.2, 0.25) is 0 Å². The molecule has 108 valence electrons. The summed E-state index contributed by atoms with van der Waals surface area (Å²) >= 11 is 5.69. The van der Waals surface area contributed by atoms with Crippen LogP contribution in [0.2, 0.25) is 5.02 Å². The third kappa shape index (κ3) is 2.51. The van der Waals surface area contributed by atoms with Crippen LogP contribution in [0, 0.1) is 0 Å². The van der Waals surface area contributed by atoms with Gasteiger partial charge in [-0.2, -0.15) is 23.3 Å².